The number of sulfonamides is 1. The average molecular weight is 249 g/mol. The van der Waals surface area contributed by atoms with Gasteiger partial charge in [-0.05, 0) is 18.8 Å². The summed E-state index contributed by atoms with van der Waals surface area (Å²) in [4.78, 5) is 10.9. The van der Waals surface area contributed by atoms with E-state index in [1.54, 1.807) is 0 Å². The van der Waals surface area contributed by atoms with Gasteiger partial charge in [-0.2, -0.15) is 4.31 Å². The molecule has 0 bridgehead atoms. The zero-order chi connectivity index (χ0) is 12.3. The Hall–Kier alpha value is -0.620. The topological polar surface area (TPSA) is 74.7 Å². The van der Waals surface area contributed by atoms with Crippen molar-refractivity contribution in [2.24, 2.45) is 5.92 Å². The molecular formula is C10H19NO4S. The van der Waals surface area contributed by atoms with Gasteiger partial charge in [0.05, 0.1) is 5.75 Å². The second-order valence-corrected chi connectivity index (χ2v) is 6.37. The molecule has 6 heteroatoms. The summed E-state index contributed by atoms with van der Waals surface area (Å²) < 4.78 is 25.1. The maximum atomic E-state index is 12.0. The number of carboxylic acid groups (broad SMARTS) is 1. The Bertz CT molecular complexity index is 352. The van der Waals surface area contributed by atoms with E-state index in [0.717, 1.165) is 10.7 Å². The molecule has 94 valence electrons. The minimum atomic E-state index is -3.41. The van der Waals surface area contributed by atoms with Gasteiger partial charge in [-0.1, -0.05) is 20.3 Å². The molecule has 0 amide bonds. The van der Waals surface area contributed by atoms with Crippen LogP contribution < -0.4 is 0 Å². The molecule has 1 aliphatic heterocycles. The molecule has 0 aromatic rings. The minimum Gasteiger partial charge on any atom is -0.480 e. The van der Waals surface area contributed by atoms with Crippen LogP contribution in [0, 0.1) is 5.92 Å². The van der Waals surface area contributed by atoms with Crippen LogP contribution in [0.15, 0.2) is 0 Å². The second-order valence-electron chi connectivity index (χ2n) is 4.40. The average Bonchev–Trinajstić information content (AvgIpc) is 2.65. The van der Waals surface area contributed by atoms with E-state index >= 15 is 0 Å². The number of hydrogen-bond acceptors (Lipinski definition) is 3. The number of carbonyl (C=O) groups is 1. The molecule has 0 aromatic heterocycles. The largest absolute Gasteiger partial charge is 0.480 e. The fourth-order valence-electron chi connectivity index (χ4n) is 1.89. The molecule has 1 saturated heterocycles. The maximum absolute atomic E-state index is 12.0. The molecule has 1 fully saturated rings. The molecular weight excluding hydrogens is 230 g/mol. The highest BCUT2D eigenvalue weighted by Crippen LogP contribution is 2.23. The van der Waals surface area contributed by atoms with Crippen LogP contribution in [0.3, 0.4) is 0 Å². The van der Waals surface area contributed by atoms with Gasteiger partial charge >= 0.3 is 5.97 Å². The maximum Gasteiger partial charge on any atom is 0.322 e. The van der Waals surface area contributed by atoms with Crippen molar-refractivity contribution in [3.63, 3.8) is 0 Å². The van der Waals surface area contributed by atoms with Gasteiger partial charge in [0.15, 0.2) is 0 Å². The Labute approximate surface area is 96.5 Å². The summed E-state index contributed by atoms with van der Waals surface area (Å²) in [5, 5.41) is 8.93. The Balaban J connectivity index is 2.79. The Morgan fingerprint density at radius 2 is 2.19 bits per heavy atom. The van der Waals surface area contributed by atoms with Gasteiger partial charge in [-0.3, -0.25) is 4.79 Å². The van der Waals surface area contributed by atoms with Gasteiger partial charge in [-0.25, -0.2) is 8.42 Å². The van der Waals surface area contributed by atoms with Crippen LogP contribution in [0.5, 0.6) is 0 Å². The Morgan fingerprint density at radius 3 is 2.69 bits per heavy atom. The number of nitrogens with zero attached hydrogens (tertiary/aromatic N) is 1. The van der Waals surface area contributed by atoms with Crippen LogP contribution in [0.2, 0.25) is 0 Å². The number of carboxylic acids is 1. The van der Waals surface area contributed by atoms with Gasteiger partial charge in [0.2, 0.25) is 10.0 Å². The first-order valence-corrected chi connectivity index (χ1v) is 7.21. The SMILES string of the molecule is CCC(C)CS(=O)(=O)N1CCC[C@H]1C(=O)O. The van der Waals surface area contributed by atoms with Crippen molar-refractivity contribution in [1.29, 1.82) is 0 Å². The third kappa shape index (κ3) is 2.95. The first-order chi connectivity index (χ1) is 7.38. The molecule has 1 unspecified atom stereocenters. The van der Waals surface area contributed by atoms with Gasteiger partial charge < -0.3 is 5.11 Å². The summed E-state index contributed by atoms with van der Waals surface area (Å²) in [5.41, 5.74) is 0. The minimum absolute atomic E-state index is 0.0489. The predicted octanol–water partition coefficient (Wildman–Crippen LogP) is 0.911. The van der Waals surface area contributed by atoms with Crippen LogP contribution in [0.25, 0.3) is 0 Å². The summed E-state index contributed by atoms with van der Waals surface area (Å²) in [6, 6.07) is -0.853. The lowest BCUT2D eigenvalue weighted by molar-refractivity contribution is -0.140. The van der Waals surface area contributed by atoms with E-state index in [0.29, 0.717) is 19.4 Å². The number of rotatable bonds is 5. The van der Waals surface area contributed by atoms with Gasteiger partial charge in [0, 0.05) is 6.54 Å². The molecule has 1 heterocycles. The second kappa shape index (κ2) is 5.14. The van der Waals surface area contributed by atoms with Crippen LogP contribution in [-0.4, -0.2) is 42.1 Å². The summed E-state index contributed by atoms with van der Waals surface area (Å²) in [5.74, 6) is -0.918. The van der Waals surface area contributed by atoms with Crippen molar-refractivity contribution in [2.45, 2.75) is 39.2 Å². The fraction of sp³-hybridized carbons (Fsp3) is 0.900. The molecule has 16 heavy (non-hydrogen) atoms. The molecule has 0 aliphatic carbocycles. The third-order valence-corrected chi connectivity index (χ3v) is 5.18. The highest BCUT2D eigenvalue weighted by atomic mass is 32.2. The van der Waals surface area contributed by atoms with E-state index in [4.69, 9.17) is 5.11 Å². The Kier molecular flexibility index (Phi) is 4.32. The normalized spacial score (nSPS) is 24.5. The highest BCUT2D eigenvalue weighted by molar-refractivity contribution is 7.89. The molecule has 1 N–H and O–H groups in total. The standard InChI is InChI=1S/C10H19NO4S/c1-3-8(2)7-16(14,15)11-6-4-5-9(11)10(12)13/h8-9H,3-7H2,1-2H3,(H,12,13)/t8?,9-/m0/s1. The summed E-state index contributed by atoms with van der Waals surface area (Å²) in [6.45, 7) is 4.14. The van der Waals surface area contributed by atoms with Crippen molar-refractivity contribution in [1.82, 2.24) is 4.31 Å². The molecule has 0 spiro atoms. The lowest BCUT2D eigenvalue weighted by Gasteiger charge is -2.22. The number of hydrogen-bond donors (Lipinski definition) is 1. The lowest BCUT2D eigenvalue weighted by Crippen LogP contribution is -2.42. The summed E-state index contributed by atoms with van der Waals surface area (Å²) in [6.07, 6.45) is 1.84. The zero-order valence-electron chi connectivity index (χ0n) is 9.72. The van der Waals surface area contributed by atoms with Crippen LogP contribution in [0.4, 0.5) is 0 Å². The lowest BCUT2D eigenvalue weighted by atomic mass is 10.2. The van der Waals surface area contributed by atoms with E-state index in [-0.39, 0.29) is 11.7 Å². The van der Waals surface area contributed by atoms with Crippen molar-refractivity contribution in [3.8, 4) is 0 Å². The molecule has 5 nitrogen and oxygen atoms in total. The summed E-state index contributed by atoms with van der Waals surface area (Å²) >= 11 is 0. The molecule has 1 aliphatic rings. The molecule has 0 radical (unpaired) electrons. The first kappa shape index (κ1) is 13.4. The smallest absolute Gasteiger partial charge is 0.322 e. The fourth-order valence-corrected chi connectivity index (χ4v) is 4.03. The third-order valence-electron chi connectivity index (χ3n) is 3.04. The monoisotopic (exact) mass is 249 g/mol. The van der Waals surface area contributed by atoms with E-state index in [1.807, 2.05) is 13.8 Å². The predicted molar refractivity (Wildman–Crippen MR) is 60.6 cm³/mol. The van der Waals surface area contributed by atoms with Crippen LogP contribution in [0.1, 0.15) is 33.1 Å². The van der Waals surface area contributed by atoms with Gasteiger partial charge in [0.1, 0.15) is 6.04 Å². The summed E-state index contributed by atoms with van der Waals surface area (Å²) in [7, 11) is -3.41. The molecule has 1 rings (SSSR count). The van der Waals surface area contributed by atoms with E-state index in [2.05, 4.69) is 0 Å². The van der Waals surface area contributed by atoms with Crippen molar-refractivity contribution in [3.05, 3.63) is 0 Å². The zero-order valence-corrected chi connectivity index (χ0v) is 10.5. The van der Waals surface area contributed by atoms with E-state index in [9.17, 15) is 13.2 Å². The van der Waals surface area contributed by atoms with Crippen LogP contribution in [-0.2, 0) is 14.8 Å². The van der Waals surface area contributed by atoms with Crippen molar-refractivity contribution in [2.75, 3.05) is 12.3 Å². The van der Waals surface area contributed by atoms with Crippen LogP contribution >= 0.6 is 0 Å². The van der Waals surface area contributed by atoms with E-state index < -0.39 is 22.0 Å². The van der Waals surface area contributed by atoms with Gasteiger partial charge in [0.25, 0.3) is 0 Å². The quantitative estimate of drug-likeness (QED) is 0.786. The molecule has 0 aromatic carbocycles. The first-order valence-electron chi connectivity index (χ1n) is 5.60. The Morgan fingerprint density at radius 1 is 1.56 bits per heavy atom. The number of aliphatic carboxylic acids is 1. The molecule has 2 atom stereocenters. The van der Waals surface area contributed by atoms with Gasteiger partial charge in [-0.15, -0.1) is 0 Å². The van der Waals surface area contributed by atoms with E-state index in [1.165, 1.54) is 0 Å². The highest BCUT2D eigenvalue weighted by Gasteiger charge is 2.38. The molecule has 0 saturated carbocycles. The van der Waals surface area contributed by atoms with Crippen molar-refractivity contribution >= 4 is 16.0 Å². The van der Waals surface area contributed by atoms with Crippen molar-refractivity contribution < 1.29 is 18.3 Å².